The van der Waals surface area contributed by atoms with Crippen LogP contribution in [0.3, 0.4) is 0 Å². The first-order valence-corrected chi connectivity index (χ1v) is 9.15. The van der Waals surface area contributed by atoms with Crippen molar-refractivity contribution in [1.82, 2.24) is 19.7 Å². The van der Waals surface area contributed by atoms with Crippen molar-refractivity contribution in [1.29, 1.82) is 0 Å². The van der Waals surface area contributed by atoms with E-state index < -0.39 is 18.7 Å². The number of hydrogen-bond donors (Lipinski definition) is 0. The minimum absolute atomic E-state index is 0.278. The second kappa shape index (κ2) is 7.52. The predicted octanol–water partition coefficient (Wildman–Crippen LogP) is 3.79. The normalized spacial score (nSPS) is 18.6. The van der Waals surface area contributed by atoms with Gasteiger partial charge in [0.25, 0.3) is 0 Å². The van der Waals surface area contributed by atoms with Gasteiger partial charge in [0.15, 0.2) is 0 Å². The van der Waals surface area contributed by atoms with Crippen molar-refractivity contribution in [2.24, 2.45) is 7.05 Å². The van der Waals surface area contributed by atoms with Gasteiger partial charge < -0.3 is 4.74 Å². The van der Waals surface area contributed by atoms with Crippen molar-refractivity contribution in [3.05, 3.63) is 48.4 Å². The summed E-state index contributed by atoms with van der Waals surface area (Å²) in [4.78, 5) is 6.48. The van der Waals surface area contributed by atoms with E-state index in [0.717, 1.165) is 27.6 Å². The Bertz CT molecular complexity index is 969. The summed E-state index contributed by atoms with van der Waals surface area (Å²) in [6, 6.07) is 8.00. The van der Waals surface area contributed by atoms with Gasteiger partial charge in [0.05, 0.1) is 30.8 Å². The zero-order valence-electron chi connectivity index (χ0n) is 15.5. The molecule has 1 fully saturated rings. The number of benzene rings is 1. The number of halogens is 3. The molecule has 5 nitrogen and oxygen atoms in total. The van der Waals surface area contributed by atoms with Gasteiger partial charge in [0, 0.05) is 50.0 Å². The zero-order valence-corrected chi connectivity index (χ0v) is 15.5. The summed E-state index contributed by atoms with van der Waals surface area (Å²) in [6.07, 6.45) is -0.373. The number of morpholine rings is 1. The number of aromatic nitrogens is 3. The molecule has 148 valence electrons. The molecule has 4 rings (SSSR count). The number of hydrogen-bond acceptors (Lipinski definition) is 4. The largest absolute Gasteiger partial charge is 0.391 e. The molecule has 3 aromatic rings. The Morgan fingerprint density at radius 3 is 2.86 bits per heavy atom. The number of alkyl halides is 3. The minimum atomic E-state index is -4.21. The lowest BCUT2D eigenvalue weighted by molar-refractivity contribution is -0.170. The van der Waals surface area contributed by atoms with Crippen molar-refractivity contribution in [2.45, 2.75) is 25.2 Å². The van der Waals surface area contributed by atoms with Crippen LogP contribution in [0.4, 0.5) is 13.2 Å². The maximum absolute atomic E-state index is 12.6. The molecule has 28 heavy (non-hydrogen) atoms. The lowest BCUT2D eigenvalue weighted by Gasteiger charge is -2.33. The fourth-order valence-corrected chi connectivity index (χ4v) is 3.67. The van der Waals surface area contributed by atoms with E-state index in [-0.39, 0.29) is 6.54 Å². The highest BCUT2D eigenvalue weighted by Crippen LogP contribution is 2.29. The molecule has 1 aliphatic rings. The van der Waals surface area contributed by atoms with E-state index >= 15 is 0 Å². The van der Waals surface area contributed by atoms with E-state index in [1.807, 2.05) is 48.6 Å². The van der Waals surface area contributed by atoms with Crippen LogP contribution in [0.25, 0.3) is 22.0 Å². The number of aryl methyl sites for hydroxylation is 1. The Morgan fingerprint density at radius 2 is 2.11 bits per heavy atom. The molecule has 1 aliphatic heterocycles. The molecule has 2 aromatic heterocycles. The third-order valence-corrected chi connectivity index (χ3v) is 4.91. The second-order valence-electron chi connectivity index (χ2n) is 7.16. The summed E-state index contributed by atoms with van der Waals surface area (Å²) in [6.45, 7) is 1.79. The van der Waals surface area contributed by atoms with E-state index in [0.29, 0.717) is 19.7 Å². The third-order valence-electron chi connectivity index (χ3n) is 4.91. The van der Waals surface area contributed by atoms with Crippen LogP contribution in [0.15, 0.2) is 42.9 Å². The van der Waals surface area contributed by atoms with E-state index in [4.69, 9.17) is 4.74 Å². The number of nitrogens with zero attached hydrogens (tertiary/aromatic N) is 4. The molecule has 0 aliphatic carbocycles. The molecule has 8 heteroatoms. The van der Waals surface area contributed by atoms with Crippen LogP contribution in [-0.4, -0.2) is 51.6 Å². The zero-order chi connectivity index (χ0) is 19.7. The quantitative estimate of drug-likeness (QED) is 0.680. The molecule has 1 aromatic carbocycles. The van der Waals surface area contributed by atoms with Crippen LogP contribution >= 0.6 is 0 Å². The van der Waals surface area contributed by atoms with Crippen molar-refractivity contribution in [3.63, 3.8) is 0 Å². The fourth-order valence-electron chi connectivity index (χ4n) is 3.67. The van der Waals surface area contributed by atoms with E-state index in [9.17, 15) is 13.2 Å². The Labute approximate surface area is 160 Å². The van der Waals surface area contributed by atoms with Gasteiger partial charge in [0.2, 0.25) is 0 Å². The van der Waals surface area contributed by atoms with Gasteiger partial charge in [-0.15, -0.1) is 0 Å². The lowest BCUT2D eigenvalue weighted by Crippen LogP contribution is -2.43. The molecule has 0 amide bonds. The van der Waals surface area contributed by atoms with E-state index in [2.05, 4.69) is 10.1 Å². The molecule has 1 atom stereocenters. The van der Waals surface area contributed by atoms with Crippen LogP contribution in [-0.2, 0) is 18.3 Å². The highest BCUT2D eigenvalue weighted by atomic mass is 19.4. The van der Waals surface area contributed by atoms with Gasteiger partial charge in [-0.3, -0.25) is 14.6 Å². The van der Waals surface area contributed by atoms with Gasteiger partial charge in [-0.05, 0) is 23.3 Å². The highest BCUT2D eigenvalue weighted by Gasteiger charge is 2.34. The molecule has 0 spiro atoms. The van der Waals surface area contributed by atoms with Crippen LogP contribution in [0.5, 0.6) is 0 Å². The monoisotopic (exact) mass is 390 g/mol. The van der Waals surface area contributed by atoms with Crippen molar-refractivity contribution >= 4 is 10.9 Å². The molecule has 0 radical (unpaired) electrons. The van der Waals surface area contributed by atoms with E-state index in [1.165, 1.54) is 0 Å². The molecular formula is C20H21F3N4O. The summed E-state index contributed by atoms with van der Waals surface area (Å²) in [5, 5.41) is 5.25. The summed E-state index contributed by atoms with van der Waals surface area (Å²) >= 11 is 0. The third kappa shape index (κ3) is 4.34. The van der Waals surface area contributed by atoms with E-state index in [1.54, 1.807) is 10.9 Å². The average Bonchev–Trinajstić information content (AvgIpc) is 3.06. The fraction of sp³-hybridized carbons (Fsp3) is 0.400. The van der Waals surface area contributed by atoms with Crippen LogP contribution in [0.2, 0.25) is 0 Å². The highest BCUT2D eigenvalue weighted by molar-refractivity contribution is 5.94. The molecular weight excluding hydrogens is 369 g/mol. The maximum Gasteiger partial charge on any atom is 0.391 e. The molecule has 3 heterocycles. The SMILES string of the molecule is Cn1cc(-c2ccnc3cc(CN4CCOC(CC(F)(F)F)C4)ccc23)cn1. The molecule has 1 unspecified atom stereocenters. The Morgan fingerprint density at radius 1 is 1.25 bits per heavy atom. The molecule has 1 saturated heterocycles. The first-order chi connectivity index (χ1) is 13.4. The first kappa shape index (κ1) is 18.9. The molecule has 0 saturated carbocycles. The Hall–Kier alpha value is -2.45. The minimum Gasteiger partial charge on any atom is -0.375 e. The number of fused-ring (bicyclic) bond motifs is 1. The summed E-state index contributed by atoms with van der Waals surface area (Å²) in [5.41, 5.74) is 3.96. The van der Waals surface area contributed by atoms with Gasteiger partial charge in [-0.1, -0.05) is 12.1 Å². The Kier molecular flexibility index (Phi) is 5.07. The summed E-state index contributed by atoms with van der Waals surface area (Å²) < 4.78 is 44.9. The summed E-state index contributed by atoms with van der Waals surface area (Å²) in [7, 11) is 1.87. The Balaban J connectivity index is 1.52. The van der Waals surface area contributed by atoms with Gasteiger partial charge in [-0.2, -0.15) is 18.3 Å². The van der Waals surface area contributed by atoms with Gasteiger partial charge >= 0.3 is 6.18 Å². The number of rotatable bonds is 4. The van der Waals surface area contributed by atoms with Crippen LogP contribution in [0, 0.1) is 0 Å². The van der Waals surface area contributed by atoms with Crippen LogP contribution < -0.4 is 0 Å². The van der Waals surface area contributed by atoms with Crippen molar-refractivity contribution in [3.8, 4) is 11.1 Å². The topological polar surface area (TPSA) is 43.2 Å². The maximum atomic E-state index is 12.6. The molecule has 0 N–H and O–H groups in total. The lowest BCUT2D eigenvalue weighted by atomic mass is 10.0. The van der Waals surface area contributed by atoms with Crippen LogP contribution in [0.1, 0.15) is 12.0 Å². The number of ether oxygens (including phenoxy) is 1. The smallest absolute Gasteiger partial charge is 0.375 e. The summed E-state index contributed by atoms with van der Waals surface area (Å²) in [5.74, 6) is 0. The van der Waals surface area contributed by atoms with Gasteiger partial charge in [0.1, 0.15) is 0 Å². The first-order valence-electron chi connectivity index (χ1n) is 9.15. The van der Waals surface area contributed by atoms with Crippen molar-refractivity contribution < 1.29 is 17.9 Å². The predicted molar refractivity (Wildman–Crippen MR) is 99.6 cm³/mol. The standard InChI is InChI=1S/C20H21F3N4O/c1-26-12-15(10-25-26)17-4-5-24-19-8-14(2-3-18(17)19)11-27-6-7-28-16(13-27)9-20(21,22)23/h2-5,8,10,12,16H,6-7,9,11,13H2,1H3. The van der Waals surface area contributed by atoms with Crippen molar-refractivity contribution in [2.75, 3.05) is 19.7 Å². The van der Waals surface area contributed by atoms with Gasteiger partial charge in [-0.25, -0.2) is 0 Å². The second-order valence-corrected chi connectivity index (χ2v) is 7.16. The number of pyridine rings is 1. The molecule has 0 bridgehead atoms. The average molecular weight is 390 g/mol.